The highest BCUT2D eigenvalue weighted by atomic mass is 35.5. The van der Waals surface area contributed by atoms with Gasteiger partial charge in [0.25, 0.3) is 5.95 Å². The summed E-state index contributed by atoms with van der Waals surface area (Å²) in [5, 5.41) is 12.5. The molecule has 0 saturated carbocycles. The third kappa shape index (κ3) is 5.18. The molecule has 0 bridgehead atoms. The van der Waals surface area contributed by atoms with Crippen molar-refractivity contribution < 1.29 is 14.2 Å². The molecule has 6 nitrogen and oxygen atoms in total. The number of benzene rings is 1. The average molecular weight is 429 g/mol. The third-order valence-electron chi connectivity index (χ3n) is 4.73. The molecule has 1 aliphatic heterocycles. The van der Waals surface area contributed by atoms with E-state index in [1.54, 1.807) is 47.4 Å². The minimum Gasteiger partial charge on any atom is -0.628 e. The Labute approximate surface area is 179 Å². The van der Waals surface area contributed by atoms with Gasteiger partial charge in [0.1, 0.15) is 5.71 Å². The first kappa shape index (κ1) is 21.8. The predicted octanol–water partition coefficient (Wildman–Crippen LogP) is 3.46. The van der Waals surface area contributed by atoms with E-state index in [0.29, 0.717) is 29.4 Å². The Kier molecular flexibility index (Phi) is 7.10. The average Bonchev–Trinajstić information content (AvgIpc) is 2.71. The Hall–Kier alpha value is -2.87. The highest BCUT2D eigenvalue weighted by Gasteiger charge is 2.28. The lowest BCUT2D eigenvalue weighted by Gasteiger charge is -2.31. The van der Waals surface area contributed by atoms with E-state index in [1.165, 1.54) is 6.92 Å². The Bertz CT molecular complexity index is 1020. The van der Waals surface area contributed by atoms with E-state index in [0.717, 1.165) is 11.9 Å². The van der Waals surface area contributed by atoms with Crippen molar-refractivity contribution in [1.82, 2.24) is 9.88 Å². The first-order valence-electron chi connectivity index (χ1n) is 9.52. The van der Waals surface area contributed by atoms with E-state index in [9.17, 15) is 14.4 Å². The van der Waals surface area contributed by atoms with Gasteiger partial charge in [-0.05, 0) is 37.3 Å². The second-order valence-electron chi connectivity index (χ2n) is 6.78. The van der Waals surface area contributed by atoms with Gasteiger partial charge in [-0.15, -0.1) is 0 Å². The van der Waals surface area contributed by atoms with Crippen molar-refractivity contribution in [2.75, 3.05) is 6.54 Å². The Morgan fingerprint density at radius 2 is 2.03 bits per heavy atom. The zero-order valence-electron chi connectivity index (χ0n) is 16.7. The number of nitrogens with zero attached hydrogens (tertiary/aromatic N) is 3. The maximum Gasteiger partial charge on any atom is 0.267 e. The standard InChI is InChI=1S/C22H22ClFN4O2/c1-3-27(15(2)29)13-17-8-6-7-16(25-17)11-12-20-22(28(30)14-21(24)26-20)18-9-4-5-10-19(18)23/h4-12,14,22,28H,3,13H2,1-2H3. The van der Waals surface area contributed by atoms with Crippen LogP contribution in [0.3, 0.4) is 0 Å². The van der Waals surface area contributed by atoms with Crippen molar-refractivity contribution in [1.29, 1.82) is 0 Å². The van der Waals surface area contributed by atoms with Gasteiger partial charge in [0.2, 0.25) is 5.91 Å². The quantitative estimate of drug-likeness (QED) is 0.565. The number of carbonyl (C=O) groups is 1. The maximum absolute atomic E-state index is 13.9. The first-order valence-corrected chi connectivity index (χ1v) is 9.90. The van der Waals surface area contributed by atoms with Gasteiger partial charge in [-0.2, -0.15) is 4.39 Å². The zero-order chi connectivity index (χ0) is 21.7. The summed E-state index contributed by atoms with van der Waals surface area (Å²) in [5.74, 6) is -0.870. The fourth-order valence-corrected chi connectivity index (χ4v) is 3.46. The number of quaternary nitrogens is 1. The van der Waals surface area contributed by atoms with Crippen molar-refractivity contribution in [2.45, 2.75) is 26.4 Å². The van der Waals surface area contributed by atoms with Gasteiger partial charge in [0.15, 0.2) is 12.2 Å². The third-order valence-corrected chi connectivity index (χ3v) is 5.07. The van der Waals surface area contributed by atoms with Gasteiger partial charge >= 0.3 is 0 Å². The van der Waals surface area contributed by atoms with Crippen LogP contribution in [0.1, 0.15) is 36.8 Å². The largest absolute Gasteiger partial charge is 0.628 e. The molecule has 1 aromatic carbocycles. The number of aromatic nitrogens is 1. The number of pyridine rings is 1. The minimum atomic E-state index is -0.843. The molecule has 2 heterocycles. The van der Waals surface area contributed by atoms with E-state index in [1.807, 2.05) is 19.1 Å². The van der Waals surface area contributed by atoms with E-state index >= 15 is 0 Å². The molecule has 0 saturated heterocycles. The maximum atomic E-state index is 13.9. The van der Waals surface area contributed by atoms with Crippen LogP contribution in [0.15, 0.2) is 65.7 Å². The normalized spacial score (nSPS) is 18.8. The van der Waals surface area contributed by atoms with E-state index in [2.05, 4.69) is 9.98 Å². The van der Waals surface area contributed by atoms with Crippen molar-refractivity contribution in [2.24, 2.45) is 4.99 Å². The lowest BCUT2D eigenvalue weighted by atomic mass is 10.00. The van der Waals surface area contributed by atoms with Crippen LogP contribution in [-0.4, -0.2) is 28.0 Å². The SMILES string of the molecule is CCN(Cc1cccc(C=CC2=NC(F)=C[NH+]([O-])C2c2ccccc2Cl)n1)C(C)=O. The van der Waals surface area contributed by atoms with Crippen LogP contribution in [0.25, 0.3) is 6.08 Å². The van der Waals surface area contributed by atoms with E-state index in [4.69, 9.17) is 11.6 Å². The number of amides is 1. The van der Waals surface area contributed by atoms with Gasteiger partial charge in [-0.1, -0.05) is 35.9 Å². The minimum absolute atomic E-state index is 0.0276. The highest BCUT2D eigenvalue weighted by molar-refractivity contribution is 6.31. The summed E-state index contributed by atoms with van der Waals surface area (Å²) in [6.45, 7) is 4.40. The summed E-state index contributed by atoms with van der Waals surface area (Å²) in [6.07, 6.45) is 4.13. The number of hydroxylamine groups is 2. The summed E-state index contributed by atoms with van der Waals surface area (Å²) in [6, 6.07) is 11.6. The molecule has 0 spiro atoms. The molecule has 0 fully saturated rings. The van der Waals surface area contributed by atoms with Gasteiger partial charge in [0, 0.05) is 19.0 Å². The Balaban J connectivity index is 1.88. The van der Waals surface area contributed by atoms with Crippen LogP contribution in [0, 0.1) is 5.21 Å². The number of aliphatic imine (C=N–C) groups is 1. The molecule has 30 heavy (non-hydrogen) atoms. The number of hydrogen-bond acceptors (Lipinski definition) is 4. The van der Waals surface area contributed by atoms with Crippen LogP contribution in [-0.2, 0) is 11.3 Å². The summed E-state index contributed by atoms with van der Waals surface area (Å²) in [5.41, 5.74) is 2.15. The van der Waals surface area contributed by atoms with E-state index < -0.39 is 17.1 Å². The molecule has 1 N–H and O–H groups in total. The Morgan fingerprint density at radius 3 is 2.73 bits per heavy atom. The zero-order valence-corrected chi connectivity index (χ0v) is 17.4. The molecular formula is C22H22ClFN4O2. The van der Waals surface area contributed by atoms with Crippen LogP contribution in [0.4, 0.5) is 4.39 Å². The van der Waals surface area contributed by atoms with E-state index in [-0.39, 0.29) is 11.6 Å². The monoisotopic (exact) mass is 428 g/mol. The van der Waals surface area contributed by atoms with Crippen molar-refractivity contribution in [3.8, 4) is 0 Å². The Morgan fingerprint density at radius 1 is 1.27 bits per heavy atom. The van der Waals surface area contributed by atoms with Gasteiger partial charge < -0.3 is 15.2 Å². The molecule has 1 aliphatic rings. The van der Waals surface area contributed by atoms with Gasteiger partial charge in [-0.3, -0.25) is 9.78 Å². The number of halogens is 2. The number of hydrogen-bond donors (Lipinski definition) is 1. The van der Waals surface area contributed by atoms with Crippen LogP contribution < -0.4 is 5.06 Å². The summed E-state index contributed by atoms with van der Waals surface area (Å²) in [4.78, 5) is 21.8. The number of carbonyl (C=O) groups excluding carboxylic acids is 1. The lowest BCUT2D eigenvalue weighted by molar-refractivity contribution is -0.816. The molecule has 156 valence electrons. The molecule has 3 rings (SSSR count). The molecular weight excluding hydrogens is 407 g/mol. The fraction of sp³-hybridized carbons (Fsp3) is 0.227. The molecule has 1 aromatic heterocycles. The smallest absolute Gasteiger partial charge is 0.267 e. The molecule has 8 heteroatoms. The molecule has 0 radical (unpaired) electrons. The second kappa shape index (κ2) is 9.75. The molecule has 2 atom stereocenters. The summed E-state index contributed by atoms with van der Waals surface area (Å²) in [7, 11) is 0. The molecule has 2 aromatic rings. The topological polar surface area (TPSA) is 73.1 Å². The fourth-order valence-electron chi connectivity index (χ4n) is 3.21. The summed E-state index contributed by atoms with van der Waals surface area (Å²) >= 11 is 6.26. The van der Waals surface area contributed by atoms with Crippen LogP contribution in [0.5, 0.6) is 0 Å². The highest BCUT2D eigenvalue weighted by Crippen LogP contribution is 2.25. The van der Waals surface area contributed by atoms with Gasteiger partial charge in [0.05, 0.1) is 23.0 Å². The lowest BCUT2D eigenvalue weighted by Crippen LogP contribution is -3.04. The molecule has 0 aliphatic carbocycles. The predicted molar refractivity (Wildman–Crippen MR) is 115 cm³/mol. The van der Waals surface area contributed by atoms with Crippen molar-refractivity contribution in [3.05, 3.63) is 87.9 Å². The van der Waals surface area contributed by atoms with Crippen LogP contribution in [0.2, 0.25) is 5.02 Å². The van der Waals surface area contributed by atoms with Crippen molar-refractivity contribution in [3.63, 3.8) is 0 Å². The molecule has 1 amide bonds. The number of rotatable bonds is 6. The van der Waals surface area contributed by atoms with Crippen molar-refractivity contribution >= 4 is 29.3 Å². The van der Waals surface area contributed by atoms with Crippen LogP contribution >= 0.6 is 11.6 Å². The molecule has 2 unspecified atom stereocenters. The summed E-state index contributed by atoms with van der Waals surface area (Å²) < 4.78 is 13.9. The first-order chi connectivity index (χ1) is 14.4. The van der Waals surface area contributed by atoms with Gasteiger partial charge in [-0.25, -0.2) is 4.99 Å². The second-order valence-corrected chi connectivity index (χ2v) is 7.19. The number of nitrogens with one attached hydrogen (secondary N) is 1.